The zero-order valence-corrected chi connectivity index (χ0v) is 15.8. The fourth-order valence-corrected chi connectivity index (χ4v) is 4.12. The van der Waals surface area contributed by atoms with E-state index in [4.69, 9.17) is 16.3 Å². The number of alkyl halides is 1. The van der Waals surface area contributed by atoms with Gasteiger partial charge in [-0.2, -0.15) is 0 Å². The Morgan fingerprint density at radius 3 is 2.88 bits per heavy atom. The molecule has 9 heteroatoms. The van der Waals surface area contributed by atoms with Crippen molar-refractivity contribution in [3.05, 3.63) is 17.7 Å². The fraction of sp³-hybridized carbons (Fsp3) is 0.688. The molecule has 0 N–H and O–H groups in total. The smallest absolute Gasteiger partial charge is 0.327 e. The molecular formula is C16H24ClN5O2S. The summed E-state index contributed by atoms with van der Waals surface area (Å²) in [5.41, 5.74) is 0. The molecule has 1 aromatic rings. The van der Waals surface area contributed by atoms with Crippen LogP contribution in [-0.2, 0) is 11.2 Å². The summed E-state index contributed by atoms with van der Waals surface area (Å²) in [5, 5.41) is 10.1. The number of halogens is 1. The summed E-state index contributed by atoms with van der Waals surface area (Å²) in [5.74, 6) is 0.552. The number of carbonyl (C=O) groups excluding carboxylic acids is 1. The molecule has 138 valence electrons. The number of allylic oxidation sites excluding steroid dienone is 1. The Balaban J connectivity index is 1.79. The van der Waals surface area contributed by atoms with Gasteiger partial charge in [0.05, 0.1) is 19.8 Å². The Hall–Kier alpha value is -1.22. The molecule has 1 atom stereocenters. The fourth-order valence-electron chi connectivity index (χ4n) is 3.11. The van der Waals surface area contributed by atoms with Gasteiger partial charge >= 0.3 is 6.03 Å². The van der Waals surface area contributed by atoms with Gasteiger partial charge in [-0.05, 0) is 12.8 Å². The molecule has 0 radical (unpaired) electrons. The lowest BCUT2D eigenvalue weighted by atomic mass is 10.3. The van der Waals surface area contributed by atoms with Gasteiger partial charge in [0, 0.05) is 31.9 Å². The molecular weight excluding hydrogens is 362 g/mol. The van der Waals surface area contributed by atoms with Crippen LogP contribution >= 0.6 is 22.9 Å². The molecule has 25 heavy (non-hydrogen) atoms. The minimum absolute atomic E-state index is 0.00645. The first-order chi connectivity index (χ1) is 12.2. The monoisotopic (exact) mass is 385 g/mol. The van der Waals surface area contributed by atoms with Gasteiger partial charge in [-0.25, -0.2) is 9.69 Å². The highest BCUT2D eigenvalue weighted by Gasteiger charge is 2.43. The van der Waals surface area contributed by atoms with Crippen LogP contribution in [-0.4, -0.2) is 77.5 Å². The van der Waals surface area contributed by atoms with Crippen molar-refractivity contribution in [3.63, 3.8) is 0 Å². The van der Waals surface area contributed by atoms with Gasteiger partial charge in [0.2, 0.25) is 5.13 Å². The number of ether oxygens (including phenoxy) is 1. The third kappa shape index (κ3) is 4.31. The van der Waals surface area contributed by atoms with Crippen LogP contribution in [0.25, 0.3) is 0 Å². The zero-order chi connectivity index (χ0) is 17.6. The quantitative estimate of drug-likeness (QED) is 0.507. The maximum atomic E-state index is 13.0. The van der Waals surface area contributed by atoms with Crippen LogP contribution in [0.3, 0.4) is 0 Å². The molecule has 2 fully saturated rings. The Kier molecular flexibility index (Phi) is 6.63. The van der Waals surface area contributed by atoms with E-state index in [0.717, 1.165) is 37.4 Å². The maximum Gasteiger partial charge on any atom is 0.327 e. The van der Waals surface area contributed by atoms with Crippen molar-refractivity contribution in [1.82, 2.24) is 20.0 Å². The van der Waals surface area contributed by atoms with E-state index in [1.165, 1.54) is 11.3 Å². The van der Waals surface area contributed by atoms with Gasteiger partial charge in [0.15, 0.2) is 0 Å². The number of carbonyl (C=O) groups is 1. The highest BCUT2D eigenvalue weighted by molar-refractivity contribution is 7.15. The third-order valence-electron chi connectivity index (χ3n) is 4.41. The molecule has 2 amide bonds. The van der Waals surface area contributed by atoms with Crippen LogP contribution in [0.2, 0.25) is 0 Å². The molecule has 1 unspecified atom stereocenters. The lowest BCUT2D eigenvalue weighted by molar-refractivity contribution is 0.0189. The minimum atomic E-state index is -0.0214. The summed E-state index contributed by atoms with van der Waals surface area (Å²) >= 11 is 7.30. The average molecular weight is 386 g/mol. The first kappa shape index (κ1) is 18.6. The summed E-state index contributed by atoms with van der Waals surface area (Å²) in [6, 6.07) is -0.00645. The largest absolute Gasteiger partial charge is 0.379 e. The van der Waals surface area contributed by atoms with E-state index >= 15 is 0 Å². The van der Waals surface area contributed by atoms with Crippen molar-refractivity contribution in [3.8, 4) is 0 Å². The van der Waals surface area contributed by atoms with Gasteiger partial charge in [0.25, 0.3) is 0 Å². The van der Waals surface area contributed by atoms with E-state index in [1.54, 1.807) is 4.90 Å². The zero-order valence-electron chi connectivity index (χ0n) is 14.3. The Bertz CT molecular complexity index is 593. The number of anilines is 1. The lowest BCUT2D eigenvalue weighted by Crippen LogP contribution is -2.51. The van der Waals surface area contributed by atoms with Crippen molar-refractivity contribution < 1.29 is 9.53 Å². The molecule has 0 bridgehead atoms. The van der Waals surface area contributed by atoms with Gasteiger partial charge in [-0.1, -0.05) is 17.4 Å². The number of aromatic nitrogens is 2. The average Bonchev–Trinajstić information content (AvgIpc) is 3.23. The standard InChI is InChI=1S/C16H24ClN5O2S/c1-2-3-5-13-18-19-15(25-13)22-14(20-8-10-24-11-9-20)12-21(16(22)23)7-4-6-17/h2,14H,1,3-12H2. The highest BCUT2D eigenvalue weighted by atomic mass is 35.5. The highest BCUT2D eigenvalue weighted by Crippen LogP contribution is 2.30. The van der Waals surface area contributed by atoms with E-state index in [-0.39, 0.29) is 12.2 Å². The van der Waals surface area contributed by atoms with Crippen molar-refractivity contribution >= 4 is 34.1 Å². The van der Waals surface area contributed by atoms with Crippen LogP contribution in [0.5, 0.6) is 0 Å². The Labute approximate surface area is 157 Å². The number of morpholine rings is 1. The topological polar surface area (TPSA) is 61.8 Å². The summed E-state index contributed by atoms with van der Waals surface area (Å²) in [4.78, 5) is 18.9. The normalized spacial score (nSPS) is 22.0. The summed E-state index contributed by atoms with van der Waals surface area (Å²) in [6.07, 6.45) is 4.30. The number of hydrogen-bond acceptors (Lipinski definition) is 6. The molecule has 2 aliphatic heterocycles. The van der Waals surface area contributed by atoms with Crippen LogP contribution in [0.1, 0.15) is 17.8 Å². The predicted molar refractivity (Wildman–Crippen MR) is 99.4 cm³/mol. The molecule has 3 heterocycles. The van der Waals surface area contributed by atoms with E-state index in [9.17, 15) is 4.79 Å². The van der Waals surface area contributed by atoms with Gasteiger partial charge in [-0.3, -0.25) is 4.90 Å². The lowest BCUT2D eigenvalue weighted by Gasteiger charge is -2.34. The molecule has 2 saturated heterocycles. The molecule has 2 aliphatic rings. The van der Waals surface area contributed by atoms with Crippen molar-refractivity contribution in [2.24, 2.45) is 0 Å². The van der Waals surface area contributed by atoms with Crippen LogP contribution in [0.4, 0.5) is 9.93 Å². The Morgan fingerprint density at radius 2 is 2.16 bits per heavy atom. The molecule has 0 spiro atoms. The van der Waals surface area contributed by atoms with E-state index in [2.05, 4.69) is 21.7 Å². The molecule has 0 saturated carbocycles. The molecule has 1 aromatic heterocycles. The van der Waals surface area contributed by atoms with E-state index in [0.29, 0.717) is 37.3 Å². The van der Waals surface area contributed by atoms with Gasteiger partial charge < -0.3 is 9.64 Å². The van der Waals surface area contributed by atoms with E-state index in [1.807, 2.05) is 11.0 Å². The molecule has 3 rings (SSSR count). The van der Waals surface area contributed by atoms with Crippen molar-refractivity contribution in [1.29, 1.82) is 0 Å². The van der Waals surface area contributed by atoms with Crippen molar-refractivity contribution in [2.75, 3.05) is 50.2 Å². The number of rotatable bonds is 8. The van der Waals surface area contributed by atoms with Crippen LogP contribution in [0, 0.1) is 0 Å². The Morgan fingerprint density at radius 1 is 1.36 bits per heavy atom. The maximum absolute atomic E-state index is 13.0. The molecule has 0 aromatic carbocycles. The van der Waals surface area contributed by atoms with Crippen molar-refractivity contribution in [2.45, 2.75) is 25.4 Å². The van der Waals surface area contributed by atoms with Crippen LogP contribution in [0.15, 0.2) is 12.7 Å². The summed E-state index contributed by atoms with van der Waals surface area (Å²) < 4.78 is 5.46. The SMILES string of the molecule is C=CCCc1nnc(N2C(=O)N(CCCCl)CC2N2CCOCC2)s1. The first-order valence-electron chi connectivity index (χ1n) is 8.63. The van der Waals surface area contributed by atoms with Gasteiger partial charge in [-0.15, -0.1) is 28.4 Å². The van der Waals surface area contributed by atoms with E-state index < -0.39 is 0 Å². The molecule has 7 nitrogen and oxygen atoms in total. The molecule has 0 aliphatic carbocycles. The summed E-state index contributed by atoms with van der Waals surface area (Å²) in [7, 11) is 0. The second kappa shape index (κ2) is 8.93. The van der Waals surface area contributed by atoms with Crippen LogP contribution < -0.4 is 4.90 Å². The summed E-state index contributed by atoms with van der Waals surface area (Å²) in [6.45, 7) is 8.10. The number of hydrogen-bond donors (Lipinski definition) is 0. The number of nitrogens with zero attached hydrogens (tertiary/aromatic N) is 5. The third-order valence-corrected chi connectivity index (χ3v) is 5.66. The number of amides is 2. The van der Waals surface area contributed by atoms with Gasteiger partial charge in [0.1, 0.15) is 11.2 Å². The number of urea groups is 1. The predicted octanol–water partition coefficient (Wildman–Crippen LogP) is 2.19. The number of aryl methyl sites for hydroxylation is 1. The second-order valence-corrected chi connectivity index (χ2v) is 7.49. The second-order valence-electron chi connectivity index (χ2n) is 6.08. The minimum Gasteiger partial charge on any atom is -0.379 e. The first-order valence-corrected chi connectivity index (χ1v) is 9.99.